The molecule has 9 nitrogen and oxygen atoms in total. The highest BCUT2D eigenvalue weighted by Crippen LogP contribution is 2.27. The molecule has 0 fully saturated rings. The molecule has 0 bridgehead atoms. The van der Waals surface area contributed by atoms with Crippen LogP contribution in [0.2, 0.25) is 0 Å². The van der Waals surface area contributed by atoms with Gasteiger partial charge in [0.15, 0.2) is 11.5 Å². The van der Waals surface area contributed by atoms with Crippen LogP contribution in [-0.2, 0) is 0 Å². The number of rotatable bonds is 3. The Balaban J connectivity index is 0.000000262. The number of fused-ring (bicyclic) bond motifs is 1. The largest absolute Gasteiger partial charge is 0.493 e. The van der Waals surface area contributed by atoms with E-state index in [2.05, 4.69) is 0 Å². The quantitative estimate of drug-likeness (QED) is 0.265. The normalized spacial score (nSPS) is 9.59. The van der Waals surface area contributed by atoms with Gasteiger partial charge in [0.25, 0.3) is 11.3 Å². The van der Waals surface area contributed by atoms with Crippen molar-refractivity contribution in [1.29, 1.82) is 0 Å². The van der Waals surface area contributed by atoms with Gasteiger partial charge in [-0.15, -0.1) is 0 Å². The number of ether oxygens (including phenoxy) is 2. The van der Waals surface area contributed by atoms with Crippen LogP contribution in [0.15, 0.2) is 56.8 Å². The van der Waals surface area contributed by atoms with Crippen LogP contribution in [-0.4, -0.2) is 25.6 Å². The molecule has 0 heterocycles. The van der Waals surface area contributed by atoms with E-state index in [0.29, 0.717) is 17.1 Å². The Bertz CT molecular complexity index is 1040. The number of amides is 1. The molecule has 0 spiro atoms. The molecule has 27 heavy (non-hydrogen) atoms. The lowest BCUT2D eigenvalue weighted by Gasteiger charge is -2.08. The van der Waals surface area contributed by atoms with E-state index in [1.54, 1.807) is 30.3 Å². The van der Waals surface area contributed by atoms with Crippen molar-refractivity contribution in [2.75, 3.05) is 14.2 Å². The predicted molar refractivity (Wildman–Crippen MR) is 99.9 cm³/mol. The summed E-state index contributed by atoms with van der Waals surface area (Å²) in [5.74, 6) is 5.69. The Morgan fingerprint density at radius 1 is 0.852 bits per heavy atom. The second-order valence-corrected chi connectivity index (χ2v) is 5.08. The second-order valence-electron chi connectivity index (χ2n) is 5.08. The molecule has 0 aliphatic carbocycles. The van der Waals surface area contributed by atoms with E-state index in [-0.39, 0.29) is 22.2 Å². The lowest BCUT2D eigenvalue weighted by atomic mass is 10.2. The van der Waals surface area contributed by atoms with E-state index >= 15 is 0 Å². The fourth-order valence-electron chi connectivity index (χ4n) is 2.29. The van der Waals surface area contributed by atoms with Gasteiger partial charge in [-0.1, -0.05) is 24.3 Å². The molecule has 0 saturated heterocycles. The SMILES string of the molecule is COc1ccc(C(=O)NN)cc1OC.O.O=c1c(=O)c2ccccc2c1=O. The number of carbonyl (C=O) groups is 1. The van der Waals surface area contributed by atoms with Gasteiger partial charge < -0.3 is 14.9 Å². The maximum absolute atomic E-state index is 11.1. The topological polar surface area (TPSA) is 156 Å². The zero-order valence-corrected chi connectivity index (χ0v) is 14.6. The van der Waals surface area contributed by atoms with E-state index in [1.807, 2.05) is 5.43 Å². The van der Waals surface area contributed by atoms with E-state index < -0.39 is 16.3 Å². The number of nitrogen functional groups attached to an aromatic ring is 1. The van der Waals surface area contributed by atoms with Crippen LogP contribution in [0.25, 0.3) is 10.8 Å². The molecule has 0 saturated carbocycles. The van der Waals surface area contributed by atoms with Gasteiger partial charge in [-0.25, -0.2) is 5.84 Å². The highest BCUT2D eigenvalue weighted by Gasteiger charge is 2.10. The summed E-state index contributed by atoms with van der Waals surface area (Å²) < 4.78 is 10.0. The van der Waals surface area contributed by atoms with Crippen molar-refractivity contribution in [3.05, 3.63) is 78.7 Å². The molecule has 3 rings (SSSR count). The Morgan fingerprint density at radius 3 is 1.81 bits per heavy atom. The minimum absolute atomic E-state index is 0. The third-order valence-corrected chi connectivity index (χ3v) is 3.61. The predicted octanol–water partition coefficient (Wildman–Crippen LogP) is -0.721. The number of hydrogen-bond acceptors (Lipinski definition) is 7. The van der Waals surface area contributed by atoms with Crippen molar-refractivity contribution in [1.82, 2.24) is 5.43 Å². The second kappa shape index (κ2) is 9.22. The van der Waals surface area contributed by atoms with Crippen LogP contribution in [0.3, 0.4) is 0 Å². The Hall–Kier alpha value is -3.56. The summed E-state index contributed by atoms with van der Waals surface area (Å²) in [7, 11) is 3.03. The number of carbonyl (C=O) groups excluding carboxylic acids is 1. The third kappa shape index (κ3) is 4.35. The van der Waals surface area contributed by atoms with Gasteiger partial charge in [0, 0.05) is 16.3 Å². The molecule has 0 aromatic heterocycles. The molecule has 0 unspecified atom stereocenters. The lowest BCUT2D eigenvalue weighted by Crippen LogP contribution is -2.29. The van der Waals surface area contributed by atoms with Crippen LogP contribution < -0.4 is 37.0 Å². The zero-order valence-electron chi connectivity index (χ0n) is 14.6. The van der Waals surface area contributed by atoms with Crippen molar-refractivity contribution in [3.8, 4) is 11.5 Å². The maximum atomic E-state index is 11.1. The number of nitrogens with two attached hydrogens (primary N) is 1. The molecule has 9 heteroatoms. The fraction of sp³-hybridized carbons (Fsp3) is 0.111. The summed E-state index contributed by atoms with van der Waals surface area (Å²) in [5.41, 5.74) is 0.167. The standard InChI is InChI=1S/C9H12N2O3.C9H4O3.H2O/c1-13-7-4-3-6(9(12)11-10)5-8(7)14-2;10-7-5-3-1-2-4-6(5)8(11)9(7)12;/h3-5H,10H2,1-2H3,(H,11,12);1-4H;1H2. The summed E-state index contributed by atoms with van der Waals surface area (Å²) in [5, 5.41) is 0.458. The van der Waals surface area contributed by atoms with Crippen LogP contribution in [0.1, 0.15) is 10.4 Å². The van der Waals surface area contributed by atoms with E-state index in [4.69, 9.17) is 15.3 Å². The number of nitrogens with one attached hydrogen (secondary N) is 1. The Kier molecular flexibility index (Phi) is 7.34. The van der Waals surface area contributed by atoms with Gasteiger partial charge in [-0.05, 0) is 18.2 Å². The maximum Gasteiger partial charge on any atom is 0.273 e. The summed E-state index contributed by atoms with van der Waals surface area (Å²) in [6.45, 7) is 0. The van der Waals surface area contributed by atoms with Crippen molar-refractivity contribution < 1.29 is 19.7 Å². The molecule has 3 aromatic rings. The summed E-state index contributed by atoms with van der Waals surface area (Å²) in [4.78, 5) is 44.1. The molecular formula is C18H18N2O7. The molecule has 0 radical (unpaired) electrons. The first-order valence-corrected chi connectivity index (χ1v) is 7.40. The monoisotopic (exact) mass is 374 g/mol. The molecule has 3 aromatic carbocycles. The average Bonchev–Trinajstić information content (AvgIpc) is 2.91. The zero-order chi connectivity index (χ0) is 19.3. The Labute approximate surface area is 152 Å². The highest BCUT2D eigenvalue weighted by atomic mass is 16.5. The smallest absolute Gasteiger partial charge is 0.273 e. The summed E-state index contributed by atoms with van der Waals surface area (Å²) >= 11 is 0. The molecule has 1 amide bonds. The first-order valence-electron chi connectivity index (χ1n) is 7.40. The molecule has 5 N–H and O–H groups in total. The number of methoxy groups -OCH3 is 2. The minimum atomic E-state index is -0.920. The fourth-order valence-corrected chi connectivity index (χ4v) is 2.29. The lowest BCUT2D eigenvalue weighted by molar-refractivity contribution is 0.0953. The first-order chi connectivity index (χ1) is 12.4. The molecule has 0 atom stereocenters. The van der Waals surface area contributed by atoms with E-state index in [0.717, 1.165) is 0 Å². The number of benzene rings is 2. The minimum Gasteiger partial charge on any atom is -0.493 e. The highest BCUT2D eigenvalue weighted by molar-refractivity contribution is 5.94. The van der Waals surface area contributed by atoms with Crippen LogP contribution in [0, 0.1) is 0 Å². The van der Waals surface area contributed by atoms with Gasteiger partial charge >= 0.3 is 0 Å². The molecule has 0 aliphatic rings. The van der Waals surface area contributed by atoms with Gasteiger partial charge in [-0.2, -0.15) is 0 Å². The number of hydrogen-bond donors (Lipinski definition) is 2. The number of hydrazine groups is 1. The summed E-state index contributed by atoms with van der Waals surface area (Å²) in [6, 6.07) is 11.0. The van der Waals surface area contributed by atoms with Gasteiger partial charge in [-0.3, -0.25) is 24.6 Å². The van der Waals surface area contributed by atoms with Crippen molar-refractivity contribution in [3.63, 3.8) is 0 Å². The Morgan fingerprint density at radius 2 is 1.37 bits per heavy atom. The molecule has 142 valence electrons. The van der Waals surface area contributed by atoms with E-state index in [1.165, 1.54) is 26.4 Å². The van der Waals surface area contributed by atoms with Gasteiger partial charge in [0.05, 0.1) is 14.2 Å². The molecular weight excluding hydrogens is 356 g/mol. The van der Waals surface area contributed by atoms with Crippen LogP contribution in [0.5, 0.6) is 11.5 Å². The van der Waals surface area contributed by atoms with Gasteiger partial charge in [0.1, 0.15) is 0 Å². The van der Waals surface area contributed by atoms with Crippen molar-refractivity contribution in [2.45, 2.75) is 0 Å². The van der Waals surface area contributed by atoms with Crippen molar-refractivity contribution in [2.24, 2.45) is 5.84 Å². The van der Waals surface area contributed by atoms with Gasteiger partial charge in [0.2, 0.25) is 10.9 Å². The first kappa shape index (κ1) is 21.5. The van der Waals surface area contributed by atoms with Crippen molar-refractivity contribution >= 4 is 16.7 Å². The average molecular weight is 374 g/mol. The van der Waals surface area contributed by atoms with E-state index in [9.17, 15) is 19.2 Å². The molecule has 0 aliphatic heterocycles. The van der Waals surface area contributed by atoms with Crippen LogP contribution >= 0.6 is 0 Å². The summed E-state index contributed by atoms with van der Waals surface area (Å²) in [6.07, 6.45) is 0. The van der Waals surface area contributed by atoms with Crippen LogP contribution in [0.4, 0.5) is 0 Å². The third-order valence-electron chi connectivity index (χ3n) is 3.61.